The minimum absolute atomic E-state index is 0.0185. The first kappa shape index (κ1) is 43.4. The Morgan fingerprint density at radius 3 is 2.16 bits per heavy atom. The second kappa shape index (κ2) is 19.3. The summed E-state index contributed by atoms with van der Waals surface area (Å²) in [5, 5.41) is 13.4. The summed E-state index contributed by atoms with van der Waals surface area (Å²) in [5.74, 6) is -0.916. The summed E-state index contributed by atoms with van der Waals surface area (Å²) in [7, 11) is 0. The number of halogens is 1. The molecular formula is C42H57IN6O9. The van der Waals surface area contributed by atoms with E-state index in [1.165, 1.54) is 0 Å². The average Bonchev–Trinajstić information content (AvgIpc) is 3.37. The number of fused-ring (bicyclic) bond motifs is 1. The summed E-state index contributed by atoms with van der Waals surface area (Å²) >= 11 is 1.97. The molecule has 0 aliphatic carbocycles. The smallest absolute Gasteiger partial charge is 0.410 e. The highest BCUT2D eigenvalue weighted by Crippen LogP contribution is 2.28. The number of para-hydroxylation sites is 1. The van der Waals surface area contributed by atoms with Crippen LogP contribution in [0, 0.1) is 13.8 Å². The Labute approximate surface area is 354 Å². The van der Waals surface area contributed by atoms with Crippen molar-refractivity contribution in [2.45, 2.75) is 87.8 Å². The number of benzene rings is 2. The molecule has 15 nitrogen and oxygen atoms in total. The summed E-state index contributed by atoms with van der Waals surface area (Å²) in [5.41, 5.74) is 4.11. The summed E-state index contributed by atoms with van der Waals surface area (Å²) in [6.07, 6.45) is 2.28. The number of piperazine rings is 1. The predicted octanol–water partition coefficient (Wildman–Crippen LogP) is 4.48. The van der Waals surface area contributed by atoms with Gasteiger partial charge in [0.05, 0.1) is 6.54 Å². The molecule has 4 heterocycles. The third kappa shape index (κ3) is 11.1. The van der Waals surface area contributed by atoms with Gasteiger partial charge >= 0.3 is 24.1 Å². The number of carbonyl (C=O) groups is 5. The van der Waals surface area contributed by atoms with E-state index >= 15 is 0 Å². The van der Waals surface area contributed by atoms with E-state index in [0.717, 1.165) is 49.2 Å². The lowest BCUT2D eigenvalue weighted by Crippen LogP contribution is -2.57. The Balaban J connectivity index is 0.997. The van der Waals surface area contributed by atoms with E-state index in [9.17, 15) is 29.1 Å². The van der Waals surface area contributed by atoms with Crippen LogP contribution in [-0.4, -0.2) is 153 Å². The Morgan fingerprint density at radius 1 is 0.862 bits per heavy atom. The molecule has 2 aromatic rings. The molecule has 0 bridgehead atoms. The SMILES string of the molecule is Cc1cc(C[C@@H](OC(=O)N2CCC(N3CCc4ccccc4NC3=O)CC2)C(=O)N2CCN(C3CCN(CC(=O)OCOC(=O)C(C)(C)I)CC3)CC2)cc(C)c1O. The largest absolute Gasteiger partial charge is 0.507 e. The number of anilines is 1. The maximum atomic E-state index is 14.2. The van der Waals surface area contributed by atoms with E-state index in [4.69, 9.17) is 14.2 Å². The number of nitrogens with one attached hydrogen (secondary N) is 1. The molecule has 0 spiro atoms. The Morgan fingerprint density at radius 2 is 1.50 bits per heavy atom. The van der Waals surface area contributed by atoms with Crippen LogP contribution in [-0.2, 0) is 41.4 Å². The molecular weight excluding hydrogens is 859 g/mol. The van der Waals surface area contributed by atoms with Gasteiger partial charge < -0.3 is 39.3 Å². The first-order valence-corrected chi connectivity index (χ1v) is 21.4. The van der Waals surface area contributed by atoms with Crippen LogP contribution in [0.25, 0.3) is 0 Å². The topological polar surface area (TPSA) is 161 Å². The van der Waals surface area contributed by atoms with Crippen molar-refractivity contribution >= 4 is 58.2 Å². The molecule has 2 N–H and O–H groups in total. The number of amides is 4. The lowest BCUT2D eigenvalue weighted by Gasteiger charge is -2.43. The number of esters is 2. The van der Waals surface area contributed by atoms with E-state index in [1.807, 2.05) is 82.6 Å². The number of aromatic hydroxyl groups is 1. The first-order chi connectivity index (χ1) is 27.7. The van der Waals surface area contributed by atoms with Crippen molar-refractivity contribution in [3.8, 4) is 5.75 Å². The van der Waals surface area contributed by atoms with Crippen molar-refractivity contribution in [1.29, 1.82) is 0 Å². The second-order valence-electron chi connectivity index (χ2n) is 16.3. The Kier molecular flexibility index (Phi) is 14.4. The van der Waals surface area contributed by atoms with E-state index in [0.29, 0.717) is 75.8 Å². The maximum absolute atomic E-state index is 14.2. The lowest BCUT2D eigenvalue weighted by molar-refractivity contribution is -0.168. The van der Waals surface area contributed by atoms with Gasteiger partial charge in [-0.15, -0.1) is 0 Å². The van der Waals surface area contributed by atoms with Crippen LogP contribution in [0.4, 0.5) is 15.3 Å². The molecule has 58 heavy (non-hydrogen) atoms. The van der Waals surface area contributed by atoms with Crippen LogP contribution in [0.2, 0.25) is 0 Å². The van der Waals surface area contributed by atoms with Crippen LogP contribution in [0.15, 0.2) is 36.4 Å². The molecule has 0 radical (unpaired) electrons. The van der Waals surface area contributed by atoms with Crippen LogP contribution >= 0.6 is 22.6 Å². The van der Waals surface area contributed by atoms with Crippen LogP contribution in [0.3, 0.4) is 0 Å². The number of urea groups is 1. The number of nitrogens with zero attached hydrogens (tertiary/aromatic N) is 5. The van der Waals surface area contributed by atoms with Crippen LogP contribution < -0.4 is 5.32 Å². The minimum Gasteiger partial charge on any atom is -0.507 e. The standard InChI is InChI=1S/C42H57IN6O9/c1-28-23-30(24-29(2)37(28)51)25-35(58-41(55)48-16-12-33(13-17-48)49-18-9-31-7-5-6-8-34(31)44-40(49)54)38(52)47-21-19-46(20-22-47)32-10-14-45(15-11-32)26-36(50)56-27-57-39(53)42(3,4)43/h5-8,23-24,32-33,35,51H,9-22,25-27H2,1-4H3,(H,44,54)/t35-/m1/s1. The lowest BCUT2D eigenvalue weighted by atomic mass is 10.00. The summed E-state index contributed by atoms with van der Waals surface area (Å²) in [6, 6.07) is 11.7. The molecule has 3 fully saturated rings. The number of alkyl halides is 1. The molecule has 6 rings (SSSR count). The molecule has 16 heteroatoms. The number of carbonyl (C=O) groups excluding carboxylic acids is 5. The van der Waals surface area contributed by atoms with Crippen molar-refractivity contribution in [2.24, 2.45) is 0 Å². The van der Waals surface area contributed by atoms with Gasteiger partial charge in [-0.25, -0.2) is 9.59 Å². The van der Waals surface area contributed by atoms with Crippen molar-refractivity contribution in [3.63, 3.8) is 0 Å². The molecule has 0 unspecified atom stereocenters. The molecule has 3 saturated heterocycles. The van der Waals surface area contributed by atoms with Crippen molar-refractivity contribution in [3.05, 3.63) is 58.7 Å². The minimum atomic E-state index is -1.05. The molecule has 2 aromatic carbocycles. The molecule has 4 aliphatic heterocycles. The monoisotopic (exact) mass is 916 g/mol. The summed E-state index contributed by atoms with van der Waals surface area (Å²) in [4.78, 5) is 75.1. The molecule has 0 aromatic heterocycles. The third-order valence-corrected chi connectivity index (χ3v) is 12.2. The fraction of sp³-hybridized carbons (Fsp3) is 0.595. The van der Waals surface area contributed by atoms with Crippen molar-refractivity contribution in [1.82, 2.24) is 24.5 Å². The van der Waals surface area contributed by atoms with Gasteiger partial charge in [-0.05, 0) is 88.1 Å². The third-order valence-electron chi connectivity index (χ3n) is 11.7. The number of phenols is 1. The number of hydrogen-bond donors (Lipinski definition) is 2. The highest BCUT2D eigenvalue weighted by atomic mass is 127. The number of rotatable bonds is 11. The van der Waals surface area contributed by atoms with E-state index in [-0.39, 0.29) is 36.7 Å². The number of piperidine rings is 2. The van der Waals surface area contributed by atoms with Gasteiger partial charge in [0.2, 0.25) is 6.79 Å². The highest BCUT2D eigenvalue weighted by molar-refractivity contribution is 14.1. The first-order valence-electron chi connectivity index (χ1n) is 20.3. The molecule has 4 amide bonds. The number of likely N-dealkylation sites (tertiary alicyclic amines) is 2. The fourth-order valence-electron chi connectivity index (χ4n) is 8.35. The van der Waals surface area contributed by atoms with Gasteiger partial charge in [0, 0.05) is 83.1 Å². The number of aryl methyl sites for hydroxylation is 2. The highest BCUT2D eigenvalue weighted by Gasteiger charge is 2.37. The molecule has 4 aliphatic rings. The van der Waals surface area contributed by atoms with E-state index in [2.05, 4.69) is 10.2 Å². The number of hydrogen-bond acceptors (Lipinski definition) is 11. The molecule has 0 saturated carbocycles. The normalized spacial score (nSPS) is 19.5. The average molecular weight is 917 g/mol. The van der Waals surface area contributed by atoms with Crippen molar-refractivity contribution in [2.75, 3.05) is 77.6 Å². The van der Waals surface area contributed by atoms with Gasteiger partial charge in [-0.1, -0.05) is 52.9 Å². The van der Waals surface area contributed by atoms with Gasteiger partial charge in [-0.2, -0.15) is 0 Å². The van der Waals surface area contributed by atoms with Crippen LogP contribution in [0.1, 0.15) is 61.8 Å². The summed E-state index contributed by atoms with van der Waals surface area (Å²) in [6.45, 7) is 12.0. The second-order valence-corrected chi connectivity index (χ2v) is 19.0. The zero-order valence-corrected chi connectivity index (χ0v) is 36.2. The number of phenolic OH excluding ortho intramolecular Hbond substituents is 1. The van der Waals surface area contributed by atoms with E-state index in [1.54, 1.807) is 23.6 Å². The fourth-order valence-corrected chi connectivity index (χ4v) is 8.51. The Bertz CT molecular complexity index is 1790. The summed E-state index contributed by atoms with van der Waals surface area (Å²) < 4.78 is 15.5. The van der Waals surface area contributed by atoms with E-state index < -0.39 is 34.4 Å². The number of ether oxygens (including phenoxy) is 3. The van der Waals surface area contributed by atoms with Gasteiger partial charge in [0.15, 0.2) is 6.10 Å². The van der Waals surface area contributed by atoms with Gasteiger partial charge in [-0.3, -0.25) is 24.2 Å². The zero-order valence-electron chi connectivity index (χ0n) is 34.0. The quantitative estimate of drug-likeness (QED) is 0.142. The van der Waals surface area contributed by atoms with Gasteiger partial charge in [0.25, 0.3) is 5.91 Å². The van der Waals surface area contributed by atoms with Crippen LogP contribution in [0.5, 0.6) is 5.75 Å². The van der Waals surface area contributed by atoms with Gasteiger partial charge in [0.1, 0.15) is 9.17 Å². The predicted molar refractivity (Wildman–Crippen MR) is 225 cm³/mol. The van der Waals surface area contributed by atoms with Crippen molar-refractivity contribution < 1.29 is 43.3 Å². The molecule has 316 valence electrons. The Hall–Kier alpha value is -4.16. The molecule has 1 atom stereocenters. The maximum Gasteiger partial charge on any atom is 0.410 e. The zero-order chi connectivity index (χ0) is 41.6.